The summed E-state index contributed by atoms with van der Waals surface area (Å²) in [5, 5.41) is 10.1. The van der Waals surface area contributed by atoms with E-state index >= 15 is 0 Å². The molecule has 110 valence electrons. The lowest BCUT2D eigenvalue weighted by atomic mass is 9.98. The van der Waals surface area contributed by atoms with Gasteiger partial charge in [0.2, 0.25) is 0 Å². The molecule has 0 saturated heterocycles. The van der Waals surface area contributed by atoms with Crippen molar-refractivity contribution in [3.8, 4) is 5.75 Å². The summed E-state index contributed by atoms with van der Waals surface area (Å²) in [4.78, 5) is 23.2. The van der Waals surface area contributed by atoms with Gasteiger partial charge in [0.15, 0.2) is 12.4 Å². The molecule has 1 N–H and O–H groups in total. The van der Waals surface area contributed by atoms with Crippen LogP contribution in [0.25, 0.3) is 10.8 Å². The number of carbonyl (C=O) groups is 2. The third-order valence-electron chi connectivity index (χ3n) is 3.26. The van der Waals surface area contributed by atoms with E-state index < -0.39 is 12.6 Å². The predicted molar refractivity (Wildman–Crippen MR) is 79.2 cm³/mol. The van der Waals surface area contributed by atoms with Crippen LogP contribution in [-0.2, 0) is 4.79 Å². The molecule has 0 saturated carbocycles. The average molecular weight is 296 g/mol. The molecule has 0 fully saturated rings. The smallest absolute Gasteiger partial charge is 0.341 e. The maximum atomic E-state index is 12.5. The zero-order valence-electron chi connectivity index (χ0n) is 11.5. The highest BCUT2D eigenvalue weighted by Crippen LogP contribution is 2.30. The normalized spacial score (nSPS) is 10.5. The maximum absolute atomic E-state index is 12.5. The largest absolute Gasteiger partial charge is 0.481 e. The topological polar surface area (TPSA) is 76.7 Å². The molecule has 0 radical (unpaired) electrons. The summed E-state index contributed by atoms with van der Waals surface area (Å²) in [6.45, 7) is -0.432. The Bertz CT molecular complexity index is 833. The number of carboxylic acid groups (broad SMARTS) is 1. The van der Waals surface area contributed by atoms with Crippen LogP contribution >= 0.6 is 0 Å². The summed E-state index contributed by atoms with van der Waals surface area (Å²) in [5.41, 5.74) is 0.976. The van der Waals surface area contributed by atoms with E-state index in [9.17, 15) is 9.59 Å². The van der Waals surface area contributed by atoms with Crippen LogP contribution in [0.2, 0.25) is 0 Å². The van der Waals surface area contributed by atoms with Gasteiger partial charge in [0, 0.05) is 10.9 Å². The number of benzene rings is 2. The number of carbonyl (C=O) groups excluding carboxylic acids is 1. The van der Waals surface area contributed by atoms with Crippen molar-refractivity contribution in [1.29, 1.82) is 0 Å². The fourth-order valence-electron chi connectivity index (χ4n) is 2.28. The Balaban J connectivity index is 2.08. The molecule has 2 aromatic carbocycles. The number of ether oxygens (including phenoxy) is 1. The second-order valence-electron chi connectivity index (χ2n) is 4.68. The van der Waals surface area contributed by atoms with E-state index in [1.165, 1.54) is 12.5 Å². The quantitative estimate of drug-likeness (QED) is 0.732. The van der Waals surface area contributed by atoms with Crippen LogP contribution in [0.15, 0.2) is 59.4 Å². The van der Waals surface area contributed by atoms with Gasteiger partial charge in [-0.15, -0.1) is 0 Å². The van der Waals surface area contributed by atoms with E-state index in [1.807, 2.05) is 12.1 Å². The maximum Gasteiger partial charge on any atom is 0.341 e. The van der Waals surface area contributed by atoms with Gasteiger partial charge in [-0.3, -0.25) is 4.79 Å². The highest BCUT2D eigenvalue weighted by Gasteiger charge is 2.16. The first-order valence-electron chi connectivity index (χ1n) is 6.60. The molecule has 0 amide bonds. The standard InChI is InChI=1S/C17H12O5/c18-16(19)10-22-15-6-5-14(12-3-1-2-4-13(12)15)17(20)11-7-8-21-9-11/h1-9H,10H2,(H,18,19). The van der Waals surface area contributed by atoms with Crippen molar-refractivity contribution in [2.45, 2.75) is 0 Å². The summed E-state index contributed by atoms with van der Waals surface area (Å²) < 4.78 is 10.2. The Labute approximate surface area is 125 Å². The van der Waals surface area contributed by atoms with Gasteiger partial charge in [0.05, 0.1) is 11.8 Å². The SMILES string of the molecule is O=C(O)COc1ccc(C(=O)c2ccoc2)c2ccccc12. The second-order valence-corrected chi connectivity index (χ2v) is 4.68. The first-order valence-corrected chi connectivity index (χ1v) is 6.60. The summed E-state index contributed by atoms with van der Waals surface area (Å²) in [5.74, 6) is -0.779. The van der Waals surface area contributed by atoms with Crippen LogP contribution in [0, 0.1) is 0 Å². The van der Waals surface area contributed by atoms with Gasteiger partial charge in [-0.1, -0.05) is 24.3 Å². The number of ketones is 1. The molecule has 0 atom stereocenters. The van der Waals surface area contributed by atoms with Crippen molar-refractivity contribution in [2.75, 3.05) is 6.61 Å². The van der Waals surface area contributed by atoms with Crippen LogP contribution in [0.5, 0.6) is 5.75 Å². The Morgan fingerprint density at radius 1 is 1.05 bits per heavy atom. The molecular formula is C17H12O5. The Hall–Kier alpha value is -3.08. The number of carboxylic acids is 1. The lowest BCUT2D eigenvalue weighted by Gasteiger charge is -2.10. The number of hydrogen-bond acceptors (Lipinski definition) is 4. The second kappa shape index (κ2) is 5.73. The van der Waals surface area contributed by atoms with Gasteiger partial charge >= 0.3 is 5.97 Å². The van der Waals surface area contributed by atoms with Crippen molar-refractivity contribution in [3.05, 3.63) is 66.1 Å². The average Bonchev–Trinajstić information content (AvgIpc) is 3.06. The fraction of sp³-hybridized carbons (Fsp3) is 0.0588. The third kappa shape index (κ3) is 2.56. The van der Waals surface area contributed by atoms with Gasteiger partial charge in [-0.2, -0.15) is 0 Å². The fourth-order valence-corrected chi connectivity index (χ4v) is 2.28. The summed E-state index contributed by atoms with van der Waals surface area (Å²) in [6, 6.07) is 12.1. The van der Waals surface area contributed by atoms with Crippen molar-refractivity contribution in [1.82, 2.24) is 0 Å². The molecule has 5 nitrogen and oxygen atoms in total. The van der Waals surface area contributed by atoms with Gasteiger partial charge in [0.25, 0.3) is 0 Å². The molecule has 3 aromatic rings. The lowest BCUT2D eigenvalue weighted by molar-refractivity contribution is -0.139. The van der Waals surface area contributed by atoms with Crippen LogP contribution in [0.4, 0.5) is 0 Å². The molecule has 0 aliphatic carbocycles. The van der Waals surface area contributed by atoms with Gasteiger partial charge in [-0.05, 0) is 23.6 Å². The Morgan fingerprint density at radius 2 is 1.82 bits per heavy atom. The first-order chi connectivity index (χ1) is 10.7. The molecule has 0 aliphatic heterocycles. The molecule has 22 heavy (non-hydrogen) atoms. The highest BCUT2D eigenvalue weighted by molar-refractivity contribution is 6.17. The Kier molecular flexibility index (Phi) is 3.62. The number of aliphatic carboxylic acids is 1. The van der Waals surface area contributed by atoms with Crippen LogP contribution in [-0.4, -0.2) is 23.5 Å². The zero-order chi connectivity index (χ0) is 15.5. The van der Waals surface area contributed by atoms with Gasteiger partial charge in [-0.25, -0.2) is 4.79 Å². The summed E-state index contributed by atoms with van der Waals surface area (Å²) in [6.07, 6.45) is 2.84. The van der Waals surface area contributed by atoms with E-state index in [2.05, 4.69) is 0 Å². The van der Waals surface area contributed by atoms with Crippen LogP contribution < -0.4 is 4.74 Å². The molecule has 0 aliphatic rings. The number of rotatable bonds is 5. The molecule has 0 spiro atoms. The minimum absolute atomic E-state index is 0.158. The van der Waals surface area contributed by atoms with Crippen molar-refractivity contribution in [2.24, 2.45) is 0 Å². The lowest BCUT2D eigenvalue weighted by Crippen LogP contribution is -2.10. The summed E-state index contributed by atoms with van der Waals surface area (Å²) in [7, 11) is 0. The van der Waals surface area contributed by atoms with Gasteiger partial charge < -0.3 is 14.3 Å². The number of hydrogen-bond donors (Lipinski definition) is 1. The van der Waals surface area contributed by atoms with Crippen LogP contribution in [0.3, 0.4) is 0 Å². The first kappa shape index (κ1) is 13.9. The number of furan rings is 1. The molecule has 0 bridgehead atoms. The van der Waals surface area contributed by atoms with E-state index in [1.54, 1.807) is 30.3 Å². The third-order valence-corrected chi connectivity index (χ3v) is 3.26. The molecule has 0 unspecified atom stereocenters. The van der Waals surface area contributed by atoms with Gasteiger partial charge in [0.1, 0.15) is 12.0 Å². The van der Waals surface area contributed by atoms with Crippen molar-refractivity contribution in [3.63, 3.8) is 0 Å². The van der Waals surface area contributed by atoms with Crippen molar-refractivity contribution < 1.29 is 23.8 Å². The monoisotopic (exact) mass is 296 g/mol. The zero-order valence-corrected chi connectivity index (χ0v) is 11.5. The summed E-state index contributed by atoms with van der Waals surface area (Å²) >= 11 is 0. The molecule has 5 heteroatoms. The number of fused-ring (bicyclic) bond motifs is 1. The molecule has 3 rings (SSSR count). The van der Waals surface area contributed by atoms with Crippen molar-refractivity contribution >= 4 is 22.5 Å². The highest BCUT2D eigenvalue weighted by atomic mass is 16.5. The molecule has 1 heterocycles. The van der Waals surface area contributed by atoms with E-state index in [-0.39, 0.29) is 5.78 Å². The van der Waals surface area contributed by atoms with Crippen LogP contribution in [0.1, 0.15) is 15.9 Å². The van der Waals surface area contributed by atoms with E-state index in [0.717, 1.165) is 0 Å². The minimum Gasteiger partial charge on any atom is -0.481 e. The predicted octanol–water partition coefficient (Wildman–Crippen LogP) is 3.13. The van der Waals surface area contributed by atoms with E-state index in [0.29, 0.717) is 27.6 Å². The minimum atomic E-state index is -1.05. The Morgan fingerprint density at radius 3 is 2.50 bits per heavy atom. The molecular weight excluding hydrogens is 284 g/mol. The van der Waals surface area contributed by atoms with E-state index in [4.69, 9.17) is 14.3 Å². The molecule has 1 aromatic heterocycles.